The van der Waals surface area contributed by atoms with E-state index >= 15 is 0 Å². The highest BCUT2D eigenvalue weighted by atomic mass is 16.5. The van der Waals surface area contributed by atoms with Gasteiger partial charge in [0.2, 0.25) is 0 Å². The van der Waals surface area contributed by atoms with Crippen molar-refractivity contribution in [2.45, 2.75) is 64.4 Å². The molecule has 1 heterocycles. The summed E-state index contributed by atoms with van der Waals surface area (Å²) in [7, 11) is 2.21. The standard InChI is InChI=1S/C21H43N5O/c1-3-22-21(24-13-19-27-20-10-6-4-5-7-11-20)23-12-8-9-14-26-17-15-25(2)16-18-26/h20H,3-19H2,1-2H3,(H2,22,23,24). The number of likely N-dealkylation sites (N-methyl/N-ethyl adjacent to an activating group) is 1. The Balaban J connectivity index is 1.53. The Labute approximate surface area is 167 Å². The number of rotatable bonds is 10. The van der Waals surface area contributed by atoms with Crippen molar-refractivity contribution in [3.05, 3.63) is 0 Å². The maximum atomic E-state index is 6.06. The molecule has 2 fully saturated rings. The van der Waals surface area contributed by atoms with Crippen molar-refractivity contribution in [1.82, 2.24) is 20.4 Å². The molecule has 6 heteroatoms. The van der Waals surface area contributed by atoms with Gasteiger partial charge in [0.1, 0.15) is 0 Å². The van der Waals surface area contributed by atoms with E-state index in [2.05, 4.69) is 34.4 Å². The molecule has 0 amide bonds. The normalized spacial score (nSPS) is 21.2. The summed E-state index contributed by atoms with van der Waals surface area (Å²) in [6.07, 6.45) is 10.8. The molecule has 2 N–H and O–H groups in total. The SMILES string of the molecule is CCNC(=NCCCCN1CCN(C)CC1)NCCOC1CCCCCC1. The first-order valence-corrected chi connectivity index (χ1v) is 11.3. The second-order valence-corrected chi connectivity index (χ2v) is 8.02. The van der Waals surface area contributed by atoms with E-state index in [9.17, 15) is 0 Å². The largest absolute Gasteiger partial charge is 0.376 e. The van der Waals surface area contributed by atoms with Gasteiger partial charge in [-0.05, 0) is 46.2 Å². The van der Waals surface area contributed by atoms with Crippen LogP contribution in [0.25, 0.3) is 0 Å². The minimum Gasteiger partial charge on any atom is -0.376 e. The summed E-state index contributed by atoms with van der Waals surface area (Å²) >= 11 is 0. The van der Waals surface area contributed by atoms with Crippen molar-refractivity contribution < 1.29 is 4.74 Å². The van der Waals surface area contributed by atoms with Crippen molar-refractivity contribution in [1.29, 1.82) is 0 Å². The summed E-state index contributed by atoms with van der Waals surface area (Å²) in [6.45, 7) is 11.6. The Kier molecular flexibility index (Phi) is 11.8. The van der Waals surface area contributed by atoms with E-state index in [0.29, 0.717) is 6.10 Å². The van der Waals surface area contributed by atoms with Crippen molar-refractivity contribution in [3.63, 3.8) is 0 Å². The Morgan fingerprint density at radius 1 is 1.00 bits per heavy atom. The van der Waals surface area contributed by atoms with Crippen molar-refractivity contribution in [2.24, 2.45) is 4.99 Å². The van der Waals surface area contributed by atoms with Gasteiger partial charge in [-0.25, -0.2) is 0 Å². The van der Waals surface area contributed by atoms with Crippen LogP contribution in [0.15, 0.2) is 4.99 Å². The van der Waals surface area contributed by atoms with Gasteiger partial charge in [0.25, 0.3) is 0 Å². The first kappa shape index (κ1) is 22.4. The van der Waals surface area contributed by atoms with Gasteiger partial charge in [0.15, 0.2) is 5.96 Å². The topological polar surface area (TPSA) is 52.1 Å². The van der Waals surface area contributed by atoms with Crippen LogP contribution >= 0.6 is 0 Å². The maximum absolute atomic E-state index is 6.06. The average molecular weight is 382 g/mol. The monoisotopic (exact) mass is 381 g/mol. The number of nitrogens with zero attached hydrogens (tertiary/aromatic N) is 3. The van der Waals surface area contributed by atoms with Crippen LogP contribution in [0.5, 0.6) is 0 Å². The average Bonchev–Trinajstić information content (AvgIpc) is 2.95. The number of ether oxygens (including phenoxy) is 1. The second-order valence-electron chi connectivity index (χ2n) is 8.02. The number of aliphatic imine (C=N–C) groups is 1. The molecule has 0 bridgehead atoms. The zero-order valence-corrected chi connectivity index (χ0v) is 17.8. The van der Waals surface area contributed by atoms with E-state index in [1.807, 2.05) is 0 Å². The van der Waals surface area contributed by atoms with E-state index in [1.165, 1.54) is 77.7 Å². The summed E-state index contributed by atoms with van der Waals surface area (Å²) in [5.74, 6) is 0.932. The molecule has 1 aliphatic carbocycles. The van der Waals surface area contributed by atoms with Crippen molar-refractivity contribution in [2.75, 3.05) is 66.0 Å². The third kappa shape index (κ3) is 10.3. The molecule has 0 spiro atoms. The first-order chi connectivity index (χ1) is 13.3. The molecule has 27 heavy (non-hydrogen) atoms. The highest BCUT2D eigenvalue weighted by Crippen LogP contribution is 2.19. The number of piperazine rings is 1. The molecule has 158 valence electrons. The number of guanidine groups is 1. The summed E-state index contributed by atoms with van der Waals surface area (Å²) in [5.41, 5.74) is 0. The third-order valence-corrected chi connectivity index (χ3v) is 5.64. The number of unbranched alkanes of at least 4 members (excludes halogenated alkanes) is 1. The molecule has 2 aliphatic rings. The number of nitrogens with one attached hydrogen (secondary N) is 2. The van der Waals surface area contributed by atoms with Gasteiger partial charge >= 0.3 is 0 Å². The van der Waals surface area contributed by atoms with Gasteiger partial charge in [0.05, 0.1) is 12.7 Å². The third-order valence-electron chi connectivity index (χ3n) is 5.64. The molecule has 0 radical (unpaired) electrons. The van der Waals surface area contributed by atoms with E-state index in [1.54, 1.807) is 0 Å². The molecule has 0 aromatic rings. The Hall–Kier alpha value is -0.850. The fraction of sp³-hybridized carbons (Fsp3) is 0.952. The minimum atomic E-state index is 0.475. The lowest BCUT2D eigenvalue weighted by Gasteiger charge is -2.32. The van der Waals surface area contributed by atoms with Crippen LogP contribution in [0.1, 0.15) is 58.3 Å². The first-order valence-electron chi connectivity index (χ1n) is 11.3. The molecule has 1 saturated heterocycles. The molecule has 0 aromatic carbocycles. The van der Waals surface area contributed by atoms with Crippen LogP contribution in [0, 0.1) is 0 Å². The fourth-order valence-corrected chi connectivity index (χ4v) is 3.85. The van der Waals surface area contributed by atoms with E-state index < -0.39 is 0 Å². The molecular weight excluding hydrogens is 338 g/mol. The smallest absolute Gasteiger partial charge is 0.191 e. The van der Waals surface area contributed by atoms with Gasteiger partial charge in [-0.15, -0.1) is 0 Å². The van der Waals surface area contributed by atoms with Gasteiger partial charge in [-0.2, -0.15) is 0 Å². The van der Waals surface area contributed by atoms with Crippen LogP contribution < -0.4 is 10.6 Å². The zero-order chi connectivity index (χ0) is 19.2. The Morgan fingerprint density at radius 3 is 2.44 bits per heavy atom. The molecule has 0 atom stereocenters. The van der Waals surface area contributed by atoms with Crippen molar-refractivity contribution in [3.8, 4) is 0 Å². The van der Waals surface area contributed by atoms with Gasteiger partial charge < -0.3 is 25.2 Å². The van der Waals surface area contributed by atoms with E-state index in [4.69, 9.17) is 9.73 Å². The summed E-state index contributed by atoms with van der Waals surface area (Å²) in [5, 5.41) is 6.76. The van der Waals surface area contributed by atoms with Crippen LogP contribution in [0.3, 0.4) is 0 Å². The van der Waals surface area contributed by atoms with E-state index in [0.717, 1.165) is 38.6 Å². The zero-order valence-electron chi connectivity index (χ0n) is 17.8. The number of hydrogen-bond donors (Lipinski definition) is 2. The highest BCUT2D eigenvalue weighted by molar-refractivity contribution is 5.79. The summed E-state index contributed by atoms with van der Waals surface area (Å²) in [6, 6.07) is 0. The predicted octanol–water partition coefficient (Wildman–Crippen LogP) is 2.31. The molecule has 0 aromatic heterocycles. The van der Waals surface area contributed by atoms with Gasteiger partial charge in [0, 0.05) is 45.8 Å². The van der Waals surface area contributed by atoms with Crippen LogP contribution in [-0.2, 0) is 4.74 Å². The quantitative estimate of drug-likeness (QED) is 0.263. The fourth-order valence-electron chi connectivity index (χ4n) is 3.85. The second kappa shape index (κ2) is 14.2. The maximum Gasteiger partial charge on any atom is 0.191 e. The lowest BCUT2D eigenvalue weighted by molar-refractivity contribution is 0.0468. The molecule has 6 nitrogen and oxygen atoms in total. The molecule has 0 unspecified atom stereocenters. The molecule has 2 rings (SSSR count). The molecule has 1 saturated carbocycles. The minimum absolute atomic E-state index is 0.475. The van der Waals surface area contributed by atoms with Gasteiger partial charge in [-0.3, -0.25) is 4.99 Å². The van der Waals surface area contributed by atoms with E-state index in [-0.39, 0.29) is 0 Å². The lowest BCUT2D eigenvalue weighted by Crippen LogP contribution is -2.44. The Bertz CT molecular complexity index is 388. The van der Waals surface area contributed by atoms with Crippen LogP contribution in [0.4, 0.5) is 0 Å². The van der Waals surface area contributed by atoms with Crippen LogP contribution in [-0.4, -0.2) is 87.9 Å². The lowest BCUT2D eigenvalue weighted by atomic mass is 10.1. The van der Waals surface area contributed by atoms with Crippen molar-refractivity contribution >= 4 is 5.96 Å². The Morgan fingerprint density at radius 2 is 1.74 bits per heavy atom. The molecular formula is C21H43N5O. The molecule has 1 aliphatic heterocycles. The summed E-state index contributed by atoms with van der Waals surface area (Å²) in [4.78, 5) is 9.71. The predicted molar refractivity (Wildman–Crippen MR) is 115 cm³/mol. The highest BCUT2D eigenvalue weighted by Gasteiger charge is 2.13. The summed E-state index contributed by atoms with van der Waals surface area (Å²) < 4.78 is 6.06. The number of hydrogen-bond acceptors (Lipinski definition) is 4. The van der Waals surface area contributed by atoms with Crippen LogP contribution in [0.2, 0.25) is 0 Å². The van der Waals surface area contributed by atoms with Gasteiger partial charge in [-0.1, -0.05) is 25.7 Å².